The van der Waals surface area contributed by atoms with Crippen molar-refractivity contribution in [1.82, 2.24) is 0 Å². The molecule has 0 radical (unpaired) electrons. The van der Waals surface area contributed by atoms with Crippen LogP contribution in [0.15, 0.2) is 36.5 Å². The van der Waals surface area contributed by atoms with Gasteiger partial charge in [-0.3, -0.25) is 4.79 Å². The zero-order valence-corrected chi connectivity index (χ0v) is 10.9. The Kier molecular flexibility index (Phi) is 8.72. The molecule has 2 N–H and O–H groups in total. The SMILES string of the molecule is C=C/C=C\C/C=C(\C)CSC[C@H](C)C(N)=O. The number of amides is 1. The Hall–Kier alpha value is -0.960. The van der Waals surface area contributed by atoms with Gasteiger partial charge in [0.15, 0.2) is 0 Å². The summed E-state index contributed by atoms with van der Waals surface area (Å²) in [7, 11) is 0. The Morgan fingerprint density at radius 3 is 2.81 bits per heavy atom. The molecule has 0 aromatic rings. The summed E-state index contributed by atoms with van der Waals surface area (Å²) in [6.07, 6.45) is 8.89. The summed E-state index contributed by atoms with van der Waals surface area (Å²) in [5, 5.41) is 0. The molecule has 0 aliphatic rings. The Morgan fingerprint density at radius 1 is 1.56 bits per heavy atom. The van der Waals surface area contributed by atoms with Gasteiger partial charge in [0.05, 0.1) is 0 Å². The van der Waals surface area contributed by atoms with Crippen LogP contribution in [0.4, 0.5) is 0 Å². The van der Waals surface area contributed by atoms with E-state index in [4.69, 9.17) is 5.73 Å². The van der Waals surface area contributed by atoms with Crippen molar-refractivity contribution in [2.24, 2.45) is 11.7 Å². The van der Waals surface area contributed by atoms with Crippen molar-refractivity contribution < 1.29 is 4.79 Å². The van der Waals surface area contributed by atoms with Crippen molar-refractivity contribution in [3.8, 4) is 0 Å². The molecule has 3 heteroatoms. The van der Waals surface area contributed by atoms with Gasteiger partial charge in [-0.25, -0.2) is 0 Å². The van der Waals surface area contributed by atoms with Gasteiger partial charge in [-0.1, -0.05) is 43.4 Å². The van der Waals surface area contributed by atoms with E-state index in [1.54, 1.807) is 17.8 Å². The topological polar surface area (TPSA) is 43.1 Å². The highest BCUT2D eigenvalue weighted by atomic mass is 32.2. The van der Waals surface area contributed by atoms with Gasteiger partial charge in [0, 0.05) is 17.4 Å². The van der Waals surface area contributed by atoms with E-state index in [-0.39, 0.29) is 11.8 Å². The van der Waals surface area contributed by atoms with Gasteiger partial charge in [-0.05, 0) is 13.3 Å². The van der Waals surface area contributed by atoms with Crippen LogP contribution in [0.5, 0.6) is 0 Å². The first-order chi connectivity index (χ1) is 7.57. The molecule has 0 saturated heterocycles. The summed E-state index contributed by atoms with van der Waals surface area (Å²) in [6.45, 7) is 7.57. The summed E-state index contributed by atoms with van der Waals surface area (Å²) < 4.78 is 0. The van der Waals surface area contributed by atoms with E-state index in [1.807, 2.05) is 13.0 Å². The van der Waals surface area contributed by atoms with E-state index in [0.717, 1.165) is 17.9 Å². The lowest BCUT2D eigenvalue weighted by atomic mass is 10.2. The number of hydrogen-bond acceptors (Lipinski definition) is 2. The maximum absolute atomic E-state index is 10.8. The number of hydrogen-bond donors (Lipinski definition) is 1. The molecule has 0 aromatic heterocycles. The van der Waals surface area contributed by atoms with E-state index in [9.17, 15) is 4.79 Å². The highest BCUT2D eigenvalue weighted by Crippen LogP contribution is 2.12. The molecule has 0 fully saturated rings. The van der Waals surface area contributed by atoms with Crippen molar-refractivity contribution >= 4 is 17.7 Å². The maximum atomic E-state index is 10.8. The molecule has 2 nitrogen and oxygen atoms in total. The monoisotopic (exact) mass is 239 g/mol. The molecule has 0 unspecified atom stereocenters. The Balaban J connectivity index is 3.71. The number of carbonyl (C=O) groups excluding carboxylic acids is 1. The van der Waals surface area contributed by atoms with Crippen LogP contribution in [0.2, 0.25) is 0 Å². The van der Waals surface area contributed by atoms with Gasteiger partial charge in [0.25, 0.3) is 0 Å². The average molecular weight is 239 g/mol. The number of thioether (sulfide) groups is 1. The van der Waals surface area contributed by atoms with Gasteiger partial charge in [0.1, 0.15) is 0 Å². The van der Waals surface area contributed by atoms with Gasteiger partial charge >= 0.3 is 0 Å². The molecule has 0 bridgehead atoms. The van der Waals surface area contributed by atoms with Gasteiger partial charge in [0.2, 0.25) is 5.91 Å². The normalized spacial score (nSPS) is 14.0. The molecule has 0 aliphatic heterocycles. The van der Waals surface area contributed by atoms with E-state index in [2.05, 4.69) is 25.7 Å². The molecule has 0 saturated carbocycles. The molecule has 1 atom stereocenters. The van der Waals surface area contributed by atoms with E-state index >= 15 is 0 Å². The van der Waals surface area contributed by atoms with Crippen molar-refractivity contribution in [3.63, 3.8) is 0 Å². The van der Waals surface area contributed by atoms with Crippen molar-refractivity contribution in [2.45, 2.75) is 20.3 Å². The van der Waals surface area contributed by atoms with Crippen molar-refractivity contribution in [3.05, 3.63) is 36.5 Å². The van der Waals surface area contributed by atoms with Crippen molar-refractivity contribution in [2.75, 3.05) is 11.5 Å². The lowest BCUT2D eigenvalue weighted by molar-refractivity contribution is -0.120. The fourth-order valence-electron chi connectivity index (χ4n) is 0.982. The highest BCUT2D eigenvalue weighted by molar-refractivity contribution is 7.99. The standard InChI is InChI=1S/C13H21NOS/c1-4-5-6-7-8-11(2)9-16-10-12(3)13(14)15/h4-6,8,12H,1,7,9-10H2,2-3H3,(H2,14,15)/b6-5-,11-8+/t12-/m0/s1. The molecular weight excluding hydrogens is 218 g/mol. The van der Waals surface area contributed by atoms with E-state index < -0.39 is 0 Å². The van der Waals surface area contributed by atoms with Gasteiger partial charge in [-0.2, -0.15) is 11.8 Å². The molecule has 0 aliphatic carbocycles. The number of rotatable bonds is 8. The fraction of sp³-hybridized carbons (Fsp3) is 0.462. The van der Waals surface area contributed by atoms with Crippen LogP contribution in [0.3, 0.4) is 0 Å². The fourth-order valence-corrected chi connectivity index (χ4v) is 2.06. The summed E-state index contributed by atoms with van der Waals surface area (Å²) in [6, 6.07) is 0. The van der Waals surface area contributed by atoms with Crippen molar-refractivity contribution in [1.29, 1.82) is 0 Å². The van der Waals surface area contributed by atoms with Crippen LogP contribution < -0.4 is 5.73 Å². The van der Waals surface area contributed by atoms with Crippen LogP contribution >= 0.6 is 11.8 Å². The molecule has 0 rings (SSSR count). The van der Waals surface area contributed by atoms with Crippen LogP contribution in [0.25, 0.3) is 0 Å². The molecular formula is C13H21NOS. The van der Waals surface area contributed by atoms with Crippen LogP contribution in [0.1, 0.15) is 20.3 Å². The Bertz CT molecular complexity index is 282. The second-order valence-corrected chi connectivity index (χ2v) is 4.80. The zero-order chi connectivity index (χ0) is 12.4. The maximum Gasteiger partial charge on any atom is 0.221 e. The lowest BCUT2D eigenvalue weighted by Gasteiger charge is -2.06. The first-order valence-corrected chi connectivity index (χ1v) is 6.53. The number of nitrogens with two attached hydrogens (primary N) is 1. The molecule has 1 amide bonds. The summed E-state index contributed by atoms with van der Waals surface area (Å²) in [5.74, 6) is 1.49. The van der Waals surface area contributed by atoms with E-state index in [0.29, 0.717) is 0 Å². The average Bonchev–Trinajstić information content (AvgIpc) is 2.24. The number of primary amides is 1. The summed E-state index contributed by atoms with van der Waals surface area (Å²) in [5.41, 5.74) is 6.51. The lowest BCUT2D eigenvalue weighted by Crippen LogP contribution is -2.22. The summed E-state index contributed by atoms with van der Waals surface area (Å²) >= 11 is 1.75. The molecule has 16 heavy (non-hydrogen) atoms. The van der Waals surface area contributed by atoms with Crippen LogP contribution in [-0.4, -0.2) is 17.4 Å². The van der Waals surface area contributed by atoms with Gasteiger partial charge in [-0.15, -0.1) is 0 Å². The number of carbonyl (C=O) groups is 1. The third-order valence-corrected chi connectivity index (χ3v) is 3.45. The quantitative estimate of drug-likeness (QED) is 0.523. The Morgan fingerprint density at radius 2 is 2.25 bits per heavy atom. The minimum Gasteiger partial charge on any atom is -0.369 e. The Labute approximate surface area is 103 Å². The first kappa shape index (κ1) is 15.0. The molecule has 0 heterocycles. The minimum atomic E-state index is -0.219. The second kappa shape index (κ2) is 9.28. The van der Waals surface area contributed by atoms with Crippen LogP contribution in [0, 0.1) is 5.92 Å². The predicted octanol–water partition coefficient (Wildman–Crippen LogP) is 2.92. The molecule has 90 valence electrons. The highest BCUT2D eigenvalue weighted by Gasteiger charge is 2.07. The minimum absolute atomic E-state index is 0.0431. The van der Waals surface area contributed by atoms with Gasteiger partial charge < -0.3 is 5.73 Å². The third kappa shape index (κ3) is 8.36. The first-order valence-electron chi connectivity index (χ1n) is 5.38. The second-order valence-electron chi connectivity index (χ2n) is 3.77. The van der Waals surface area contributed by atoms with Crippen LogP contribution in [-0.2, 0) is 4.79 Å². The van der Waals surface area contributed by atoms with E-state index in [1.165, 1.54) is 5.57 Å². The smallest absolute Gasteiger partial charge is 0.221 e. The zero-order valence-electron chi connectivity index (χ0n) is 10.1. The predicted molar refractivity (Wildman–Crippen MR) is 73.4 cm³/mol. The molecule has 0 aromatic carbocycles. The molecule has 0 spiro atoms. The summed E-state index contributed by atoms with van der Waals surface area (Å²) in [4.78, 5) is 10.8. The largest absolute Gasteiger partial charge is 0.369 e. The third-order valence-electron chi connectivity index (χ3n) is 2.06. The number of allylic oxidation sites excluding steroid dienone is 4.